The number of nitriles is 1. The van der Waals surface area contributed by atoms with Crippen molar-refractivity contribution in [2.45, 2.75) is 34.6 Å². The van der Waals surface area contributed by atoms with Gasteiger partial charge in [-0.3, -0.25) is 0 Å². The molecule has 146 valence electrons. The molecule has 0 aliphatic heterocycles. The molecule has 4 nitrogen and oxygen atoms in total. The molecule has 0 saturated heterocycles. The first-order valence-corrected chi connectivity index (χ1v) is 9.80. The summed E-state index contributed by atoms with van der Waals surface area (Å²) in [4.78, 5) is 2.17. The average molecular weight is 395 g/mol. The summed E-state index contributed by atoms with van der Waals surface area (Å²) >= 11 is 6.26. The fourth-order valence-electron chi connectivity index (χ4n) is 3.38. The molecule has 0 heterocycles. The second kappa shape index (κ2) is 9.43. The SMILES string of the molecule is CCN/C(C)=C(\C(C)=N)c1ccc(C)c(N(CC)c2ccc(C#N)c(Cl)c2)c1. The Hall–Kier alpha value is -2.77. The van der Waals surface area contributed by atoms with E-state index in [0.29, 0.717) is 16.3 Å². The fourth-order valence-corrected chi connectivity index (χ4v) is 3.60. The van der Waals surface area contributed by atoms with Crippen molar-refractivity contribution in [3.63, 3.8) is 0 Å². The summed E-state index contributed by atoms with van der Waals surface area (Å²) in [5.74, 6) is 0. The van der Waals surface area contributed by atoms with Gasteiger partial charge in [0.2, 0.25) is 0 Å². The van der Waals surface area contributed by atoms with E-state index in [0.717, 1.165) is 46.9 Å². The Labute approximate surface area is 173 Å². The van der Waals surface area contributed by atoms with Crippen LogP contribution in [0, 0.1) is 23.7 Å². The highest BCUT2D eigenvalue weighted by Gasteiger charge is 2.15. The summed E-state index contributed by atoms with van der Waals surface area (Å²) in [6, 6.07) is 13.9. The molecule has 2 N–H and O–H groups in total. The molecule has 0 amide bonds. The lowest BCUT2D eigenvalue weighted by atomic mass is 9.97. The minimum atomic E-state index is 0.450. The first-order chi connectivity index (χ1) is 13.3. The van der Waals surface area contributed by atoms with E-state index >= 15 is 0 Å². The van der Waals surface area contributed by atoms with Crippen molar-refractivity contribution >= 4 is 34.3 Å². The van der Waals surface area contributed by atoms with Crippen LogP contribution in [0.25, 0.3) is 5.57 Å². The minimum absolute atomic E-state index is 0.450. The van der Waals surface area contributed by atoms with E-state index in [-0.39, 0.29) is 0 Å². The summed E-state index contributed by atoms with van der Waals surface area (Å²) in [5.41, 5.74) is 7.04. The van der Waals surface area contributed by atoms with Crippen LogP contribution in [0.4, 0.5) is 11.4 Å². The Bertz CT molecular complexity index is 954. The van der Waals surface area contributed by atoms with E-state index < -0.39 is 0 Å². The number of halogens is 1. The van der Waals surface area contributed by atoms with E-state index in [1.54, 1.807) is 6.07 Å². The Balaban J connectivity index is 2.60. The second-order valence-electron chi connectivity index (χ2n) is 6.68. The van der Waals surface area contributed by atoms with E-state index in [9.17, 15) is 0 Å². The average Bonchev–Trinajstić information content (AvgIpc) is 2.65. The summed E-state index contributed by atoms with van der Waals surface area (Å²) in [7, 11) is 0. The van der Waals surface area contributed by atoms with Crippen molar-refractivity contribution in [2.75, 3.05) is 18.0 Å². The first-order valence-electron chi connectivity index (χ1n) is 9.42. The number of aryl methyl sites for hydroxylation is 1. The van der Waals surface area contributed by atoms with Crippen LogP contribution in [-0.2, 0) is 0 Å². The highest BCUT2D eigenvalue weighted by atomic mass is 35.5. The number of benzene rings is 2. The molecule has 0 spiro atoms. The van der Waals surface area contributed by atoms with Crippen LogP contribution in [0.3, 0.4) is 0 Å². The highest BCUT2D eigenvalue weighted by Crippen LogP contribution is 2.33. The predicted octanol–water partition coefficient (Wildman–Crippen LogP) is 6.06. The van der Waals surface area contributed by atoms with E-state index in [2.05, 4.69) is 55.3 Å². The number of hydrogen-bond acceptors (Lipinski definition) is 4. The Morgan fingerprint density at radius 3 is 2.43 bits per heavy atom. The molecule has 0 unspecified atom stereocenters. The van der Waals surface area contributed by atoms with Crippen molar-refractivity contribution in [1.82, 2.24) is 5.32 Å². The van der Waals surface area contributed by atoms with Crippen LogP contribution >= 0.6 is 11.6 Å². The molecule has 0 aromatic heterocycles. The molecule has 28 heavy (non-hydrogen) atoms. The van der Waals surface area contributed by atoms with Gasteiger partial charge in [-0.25, -0.2) is 0 Å². The van der Waals surface area contributed by atoms with Crippen molar-refractivity contribution < 1.29 is 0 Å². The third-order valence-corrected chi connectivity index (χ3v) is 4.99. The Morgan fingerprint density at radius 2 is 1.89 bits per heavy atom. The minimum Gasteiger partial charge on any atom is -0.388 e. The standard InChI is InChI=1S/C23H27ClN4/c1-6-27-17(5)23(16(4)26)18-9-8-15(3)22(12-18)28(7-2)20-11-10-19(14-25)21(24)13-20/h8-13,26-27H,6-7H2,1-5H3/b23-17+,26-16?. The number of nitrogens with one attached hydrogen (secondary N) is 2. The number of anilines is 2. The topological polar surface area (TPSA) is 62.9 Å². The smallest absolute Gasteiger partial charge is 0.101 e. The van der Waals surface area contributed by atoms with E-state index in [1.807, 2.05) is 26.0 Å². The zero-order chi connectivity index (χ0) is 20.8. The van der Waals surface area contributed by atoms with Crippen LogP contribution in [-0.4, -0.2) is 18.8 Å². The normalized spacial score (nSPS) is 11.5. The predicted molar refractivity (Wildman–Crippen MR) is 120 cm³/mol. The van der Waals surface area contributed by atoms with Crippen LogP contribution in [0.15, 0.2) is 42.1 Å². The second-order valence-corrected chi connectivity index (χ2v) is 7.08. The zero-order valence-corrected chi connectivity index (χ0v) is 17.9. The molecule has 5 heteroatoms. The van der Waals surface area contributed by atoms with E-state index in [4.69, 9.17) is 22.3 Å². The molecular formula is C23H27ClN4. The molecule has 0 bridgehead atoms. The maximum absolute atomic E-state index is 9.13. The number of rotatable bonds is 7. The van der Waals surface area contributed by atoms with Gasteiger partial charge in [-0.1, -0.05) is 23.7 Å². The number of allylic oxidation sites excluding steroid dienone is 2. The molecule has 0 saturated carbocycles. The van der Waals surface area contributed by atoms with Gasteiger partial charge in [0.05, 0.1) is 10.6 Å². The van der Waals surface area contributed by atoms with Crippen LogP contribution < -0.4 is 10.2 Å². The molecule has 0 fully saturated rings. The molecule has 0 atom stereocenters. The summed E-state index contributed by atoms with van der Waals surface area (Å²) in [6.45, 7) is 11.6. The summed E-state index contributed by atoms with van der Waals surface area (Å²) in [5, 5.41) is 21.2. The molecule has 0 radical (unpaired) electrons. The molecule has 0 aliphatic rings. The largest absolute Gasteiger partial charge is 0.388 e. The van der Waals surface area contributed by atoms with Gasteiger partial charge in [0, 0.05) is 41.4 Å². The lowest BCUT2D eigenvalue weighted by molar-refractivity contribution is 0.859. The van der Waals surface area contributed by atoms with Crippen molar-refractivity contribution in [1.29, 1.82) is 10.7 Å². The van der Waals surface area contributed by atoms with Crippen LogP contribution in [0.1, 0.15) is 44.4 Å². The van der Waals surface area contributed by atoms with Gasteiger partial charge >= 0.3 is 0 Å². The third-order valence-electron chi connectivity index (χ3n) is 4.68. The van der Waals surface area contributed by atoms with Crippen molar-refractivity contribution in [3.8, 4) is 6.07 Å². The highest BCUT2D eigenvalue weighted by molar-refractivity contribution is 6.32. The molecule has 2 aromatic rings. The third kappa shape index (κ3) is 4.55. The Morgan fingerprint density at radius 1 is 1.18 bits per heavy atom. The fraction of sp³-hybridized carbons (Fsp3) is 0.304. The Kier molecular flexibility index (Phi) is 7.25. The van der Waals surface area contributed by atoms with Crippen LogP contribution in [0.2, 0.25) is 5.02 Å². The van der Waals surface area contributed by atoms with E-state index in [1.165, 1.54) is 0 Å². The maximum atomic E-state index is 9.13. The van der Waals surface area contributed by atoms with Gasteiger partial charge in [-0.15, -0.1) is 0 Å². The summed E-state index contributed by atoms with van der Waals surface area (Å²) < 4.78 is 0. The quantitative estimate of drug-likeness (QED) is 0.561. The maximum Gasteiger partial charge on any atom is 0.101 e. The van der Waals surface area contributed by atoms with Gasteiger partial charge in [0.1, 0.15) is 6.07 Å². The lowest BCUT2D eigenvalue weighted by Crippen LogP contribution is -2.18. The molecule has 2 rings (SSSR count). The lowest BCUT2D eigenvalue weighted by Gasteiger charge is -2.26. The first kappa shape index (κ1) is 21.5. The number of nitrogens with zero attached hydrogens (tertiary/aromatic N) is 2. The van der Waals surface area contributed by atoms with Gasteiger partial charge in [0.15, 0.2) is 0 Å². The number of hydrogen-bond donors (Lipinski definition) is 2. The monoisotopic (exact) mass is 394 g/mol. The van der Waals surface area contributed by atoms with Gasteiger partial charge in [-0.2, -0.15) is 5.26 Å². The van der Waals surface area contributed by atoms with Crippen molar-refractivity contribution in [3.05, 3.63) is 63.8 Å². The van der Waals surface area contributed by atoms with Gasteiger partial charge < -0.3 is 15.6 Å². The van der Waals surface area contributed by atoms with Gasteiger partial charge in [-0.05, 0) is 70.0 Å². The molecular weight excluding hydrogens is 368 g/mol. The zero-order valence-electron chi connectivity index (χ0n) is 17.2. The van der Waals surface area contributed by atoms with Gasteiger partial charge in [0.25, 0.3) is 0 Å². The molecule has 0 aliphatic carbocycles. The summed E-state index contributed by atoms with van der Waals surface area (Å²) in [6.07, 6.45) is 0. The van der Waals surface area contributed by atoms with Crippen molar-refractivity contribution in [2.24, 2.45) is 0 Å². The molecule has 2 aromatic carbocycles. The van der Waals surface area contributed by atoms with Crippen LogP contribution in [0.5, 0.6) is 0 Å².